The first-order chi connectivity index (χ1) is 7.39. The molecule has 0 spiro atoms. The Hall–Kier alpha value is -0.690. The highest BCUT2D eigenvalue weighted by atomic mass is 16.8. The highest BCUT2D eigenvalue weighted by Gasteiger charge is 2.53. The molecule has 0 aromatic heterocycles. The van der Waals surface area contributed by atoms with Gasteiger partial charge in [0.1, 0.15) is 12.2 Å². The number of carboxylic acid groups (broad SMARTS) is 1. The fourth-order valence-electron chi connectivity index (χ4n) is 2.06. The van der Waals surface area contributed by atoms with Crippen molar-refractivity contribution in [2.45, 2.75) is 57.1 Å². The molecule has 2 fully saturated rings. The third kappa shape index (κ3) is 2.20. The second kappa shape index (κ2) is 3.96. The van der Waals surface area contributed by atoms with Gasteiger partial charge < -0.3 is 24.4 Å². The second-order valence-corrected chi connectivity index (χ2v) is 4.57. The SMILES string of the molecule is CC1(C)O[C@H]2O[C@H](CCC(=O)O)[C@H](O)[C@H]2O1. The van der Waals surface area contributed by atoms with Gasteiger partial charge in [0.05, 0.1) is 6.10 Å². The Kier molecular flexibility index (Phi) is 2.91. The molecule has 2 heterocycles. The minimum Gasteiger partial charge on any atom is -0.481 e. The standard InChI is InChI=1S/C10H16O6/c1-10(2)15-8-7(13)5(3-4-6(11)12)14-9(8)16-10/h5,7-9,13H,3-4H2,1-2H3,(H,11,12)/t5-,7+,8-,9-/m1/s1. The number of hydrogen-bond donors (Lipinski definition) is 2. The number of carbonyl (C=O) groups is 1. The van der Waals surface area contributed by atoms with Gasteiger partial charge in [0.15, 0.2) is 12.1 Å². The normalized spacial score (nSPS) is 40.9. The first-order valence-corrected chi connectivity index (χ1v) is 5.30. The third-order valence-corrected chi connectivity index (χ3v) is 2.76. The molecule has 6 nitrogen and oxygen atoms in total. The van der Waals surface area contributed by atoms with E-state index in [4.69, 9.17) is 19.3 Å². The van der Waals surface area contributed by atoms with Gasteiger partial charge in [0.2, 0.25) is 0 Å². The molecule has 0 aliphatic carbocycles. The van der Waals surface area contributed by atoms with E-state index in [-0.39, 0.29) is 12.8 Å². The van der Waals surface area contributed by atoms with Crippen LogP contribution < -0.4 is 0 Å². The molecule has 0 aromatic carbocycles. The lowest BCUT2D eigenvalue weighted by atomic mass is 10.1. The monoisotopic (exact) mass is 232 g/mol. The van der Waals surface area contributed by atoms with Gasteiger partial charge in [0.25, 0.3) is 0 Å². The lowest BCUT2D eigenvalue weighted by Gasteiger charge is -2.22. The van der Waals surface area contributed by atoms with Crippen molar-refractivity contribution in [1.29, 1.82) is 0 Å². The van der Waals surface area contributed by atoms with Crippen LogP contribution in [-0.4, -0.2) is 46.6 Å². The lowest BCUT2D eigenvalue weighted by Crippen LogP contribution is -2.34. The number of aliphatic carboxylic acids is 1. The molecule has 2 rings (SSSR count). The summed E-state index contributed by atoms with van der Waals surface area (Å²) in [5, 5.41) is 18.4. The van der Waals surface area contributed by atoms with Crippen LogP contribution >= 0.6 is 0 Å². The van der Waals surface area contributed by atoms with Crippen LogP contribution in [0.25, 0.3) is 0 Å². The zero-order chi connectivity index (χ0) is 11.9. The number of aliphatic hydroxyl groups is 1. The number of hydrogen-bond acceptors (Lipinski definition) is 5. The van der Waals surface area contributed by atoms with E-state index in [1.165, 1.54) is 0 Å². The molecule has 0 unspecified atom stereocenters. The smallest absolute Gasteiger partial charge is 0.303 e. The zero-order valence-corrected chi connectivity index (χ0v) is 9.25. The lowest BCUT2D eigenvalue weighted by molar-refractivity contribution is -0.215. The molecular formula is C10H16O6. The van der Waals surface area contributed by atoms with E-state index >= 15 is 0 Å². The molecule has 2 aliphatic rings. The summed E-state index contributed by atoms with van der Waals surface area (Å²) in [5.74, 6) is -1.66. The maximum absolute atomic E-state index is 10.4. The fraction of sp³-hybridized carbons (Fsp3) is 0.900. The molecule has 16 heavy (non-hydrogen) atoms. The molecule has 0 bridgehead atoms. The average Bonchev–Trinajstić information content (AvgIpc) is 2.58. The molecular weight excluding hydrogens is 216 g/mol. The summed E-state index contributed by atoms with van der Waals surface area (Å²) < 4.78 is 16.3. The highest BCUT2D eigenvalue weighted by molar-refractivity contribution is 5.66. The molecule has 2 aliphatic heterocycles. The number of aliphatic hydroxyl groups excluding tert-OH is 1. The maximum atomic E-state index is 10.4. The van der Waals surface area contributed by atoms with Crippen molar-refractivity contribution in [1.82, 2.24) is 0 Å². The summed E-state index contributed by atoms with van der Waals surface area (Å²) >= 11 is 0. The maximum Gasteiger partial charge on any atom is 0.303 e. The predicted octanol–water partition coefficient (Wildman–Crippen LogP) is 0.0885. The predicted molar refractivity (Wildman–Crippen MR) is 51.6 cm³/mol. The van der Waals surface area contributed by atoms with E-state index in [0.29, 0.717) is 0 Å². The quantitative estimate of drug-likeness (QED) is 0.717. The Bertz CT molecular complexity index is 289. The Labute approximate surface area is 93.1 Å². The van der Waals surface area contributed by atoms with Gasteiger partial charge in [-0.2, -0.15) is 0 Å². The first-order valence-electron chi connectivity index (χ1n) is 5.30. The van der Waals surface area contributed by atoms with Crippen LogP contribution in [-0.2, 0) is 19.0 Å². The molecule has 4 atom stereocenters. The molecule has 0 aromatic rings. The number of ether oxygens (including phenoxy) is 3. The Morgan fingerprint density at radius 3 is 2.62 bits per heavy atom. The Morgan fingerprint density at radius 1 is 1.38 bits per heavy atom. The van der Waals surface area contributed by atoms with Gasteiger partial charge in [-0.05, 0) is 20.3 Å². The van der Waals surface area contributed by atoms with Crippen molar-refractivity contribution in [3.63, 3.8) is 0 Å². The van der Waals surface area contributed by atoms with Gasteiger partial charge in [-0.25, -0.2) is 0 Å². The minimum atomic E-state index is -0.907. The third-order valence-electron chi connectivity index (χ3n) is 2.76. The van der Waals surface area contributed by atoms with Crippen molar-refractivity contribution in [2.75, 3.05) is 0 Å². The van der Waals surface area contributed by atoms with Crippen LogP contribution in [0.1, 0.15) is 26.7 Å². The van der Waals surface area contributed by atoms with Gasteiger partial charge in [-0.1, -0.05) is 0 Å². The summed E-state index contributed by atoms with van der Waals surface area (Å²) in [5.41, 5.74) is 0. The zero-order valence-electron chi connectivity index (χ0n) is 9.25. The van der Waals surface area contributed by atoms with Gasteiger partial charge in [0, 0.05) is 6.42 Å². The second-order valence-electron chi connectivity index (χ2n) is 4.57. The number of rotatable bonds is 3. The molecule has 0 amide bonds. The molecule has 92 valence electrons. The summed E-state index contributed by atoms with van der Waals surface area (Å²) in [6, 6.07) is 0. The topological polar surface area (TPSA) is 85.2 Å². The van der Waals surface area contributed by atoms with Gasteiger partial charge in [-0.3, -0.25) is 4.79 Å². The largest absolute Gasteiger partial charge is 0.481 e. The molecule has 2 saturated heterocycles. The molecule has 2 N–H and O–H groups in total. The van der Waals surface area contributed by atoms with Crippen molar-refractivity contribution in [2.24, 2.45) is 0 Å². The average molecular weight is 232 g/mol. The molecule has 0 radical (unpaired) electrons. The summed E-state index contributed by atoms with van der Waals surface area (Å²) in [6.07, 6.45) is -2.24. The van der Waals surface area contributed by atoms with E-state index in [2.05, 4.69) is 0 Å². The van der Waals surface area contributed by atoms with Crippen molar-refractivity contribution < 1.29 is 29.2 Å². The van der Waals surface area contributed by atoms with Crippen LogP contribution in [0, 0.1) is 0 Å². The van der Waals surface area contributed by atoms with Gasteiger partial charge >= 0.3 is 5.97 Å². The molecule has 6 heteroatoms. The van der Waals surface area contributed by atoms with Crippen LogP contribution in [0.3, 0.4) is 0 Å². The van der Waals surface area contributed by atoms with E-state index in [0.717, 1.165) is 0 Å². The van der Waals surface area contributed by atoms with Crippen LogP contribution in [0.15, 0.2) is 0 Å². The van der Waals surface area contributed by atoms with Gasteiger partial charge in [-0.15, -0.1) is 0 Å². The van der Waals surface area contributed by atoms with Crippen LogP contribution in [0.5, 0.6) is 0 Å². The van der Waals surface area contributed by atoms with Crippen LogP contribution in [0.4, 0.5) is 0 Å². The summed E-state index contributed by atoms with van der Waals surface area (Å²) in [4.78, 5) is 10.4. The van der Waals surface area contributed by atoms with E-state index in [9.17, 15) is 9.90 Å². The van der Waals surface area contributed by atoms with Crippen molar-refractivity contribution in [3.8, 4) is 0 Å². The number of carboxylic acids is 1. The highest BCUT2D eigenvalue weighted by Crippen LogP contribution is 2.38. The van der Waals surface area contributed by atoms with E-state index < -0.39 is 36.4 Å². The molecule has 0 saturated carbocycles. The first kappa shape index (κ1) is 11.8. The number of fused-ring (bicyclic) bond motifs is 1. The minimum absolute atomic E-state index is 0.0371. The van der Waals surface area contributed by atoms with Crippen molar-refractivity contribution >= 4 is 5.97 Å². The van der Waals surface area contributed by atoms with E-state index in [1.54, 1.807) is 13.8 Å². The summed E-state index contributed by atoms with van der Waals surface area (Å²) in [6.45, 7) is 3.49. The van der Waals surface area contributed by atoms with Crippen LogP contribution in [0.2, 0.25) is 0 Å². The van der Waals surface area contributed by atoms with E-state index in [1.807, 2.05) is 0 Å². The van der Waals surface area contributed by atoms with Crippen molar-refractivity contribution in [3.05, 3.63) is 0 Å². The summed E-state index contributed by atoms with van der Waals surface area (Å²) in [7, 11) is 0. The Morgan fingerprint density at radius 2 is 2.06 bits per heavy atom. The fourth-order valence-corrected chi connectivity index (χ4v) is 2.06. The Balaban J connectivity index is 1.92.